The second-order valence-corrected chi connectivity index (χ2v) is 12.1. The maximum absolute atomic E-state index is 13.3. The Balaban J connectivity index is 1.74. The van der Waals surface area contributed by atoms with E-state index in [-0.39, 0.29) is 16.3 Å². The molecule has 0 bridgehead atoms. The smallest absolute Gasteiger partial charge is 0.304 e. The zero-order valence-electron chi connectivity index (χ0n) is 19.6. The number of hydrogen-bond donors (Lipinski definition) is 2. The van der Waals surface area contributed by atoms with Gasteiger partial charge in [0, 0.05) is 24.8 Å². The van der Waals surface area contributed by atoms with Gasteiger partial charge in [-0.05, 0) is 73.2 Å². The summed E-state index contributed by atoms with van der Waals surface area (Å²) < 4.78 is 68.4. The quantitative estimate of drug-likeness (QED) is 0.417. The molecule has 9 nitrogen and oxygen atoms in total. The molecule has 0 aromatic heterocycles. The lowest BCUT2D eigenvalue weighted by atomic mass is 10.2. The van der Waals surface area contributed by atoms with Crippen molar-refractivity contribution in [2.45, 2.75) is 11.8 Å². The number of anilines is 3. The van der Waals surface area contributed by atoms with Crippen molar-refractivity contribution in [3.63, 3.8) is 0 Å². The van der Waals surface area contributed by atoms with Crippen molar-refractivity contribution in [1.29, 1.82) is 0 Å². The number of halogens is 2. The van der Waals surface area contributed by atoms with Gasteiger partial charge >= 0.3 is 10.2 Å². The van der Waals surface area contributed by atoms with Gasteiger partial charge in [-0.2, -0.15) is 12.7 Å². The standard InChI is InChI=1S/C23H24ClFN4O5S2/c1-16-4-7-19(14-22(16)24)27-35(31,32)21-12-8-18(9-13-21)26-23(30)15-29(36(33,34)28(2)3)20-10-5-17(25)6-11-20/h4-14,27H,15H2,1-3H3,(H,26,30). The van der Waals surface area contributed by atoms with Crippen LogP contribution in [0, 0.1) is 12.7 Å². The topological polar surface area (TPSA) is 116 Å². The van der Waals surface area contributed by atoms with E-state index in [1.54, 1.807) is 19.1 Å². The molecule has 0 unspecified atom stereocenters. The number of aryl methyl sites for hydroxylation is 1. The number of sulfonamides is 1. The number of nitrogens with one attached hydrogen (secondary N) is 2. The maximum atomic E-state index is 13.3. The Kier molecular flexibility index (Phi) is 8.24. The average molecular weight is 555 g/mol. The number of rotatable bonds is 9. The first-order chi connectivity index (χ1) is 16.8. The molecule has 3 aromatic rings. The normalized spacial score (nSPS) is 11.8. The van der Waals surface area contributed by atoms with E-state index in [0.29, 0.717) is 10.7 Å². The Morgan fingerprint density at radius 2 is 1.50 bits per heavy atom. The first kappa shape index (κ1) is 27.4. The first-order valence-corrected chi connectivity index (χ1v) is 13.7. The molecule has 0 heterocycles. The van der Waals surface area contributed by atoms with Gasteiger partial charge in [0.15, 0.2) is 0 Å². The number of carbonyl (C=O) groups is 1. The number of hydrogen-bond acceptors (Lipinski definition) is 5. The highest BCUT2D eigenvalue weighted by molar-refractivity contribution is 7.92. The molecule has 36 heavy (non-hydrogen) atoms. The Labute approximate surface area is 214 Å². The molecule has 192 valence electrons. The summed E-state index contributed by atoms with van der Waals surface area (Å²) in [5, 5.41) is 2.95. The number of benzene rings is 3. The highest BCUT2D eigenvalue weighted by Crippen LogP contribution is 2.24. The number of nitrogens with zero attached hydrogens (tertiary/aromatic N) is 2. The van der Waals surface area contributed by atoms with Crippen LogP contribution in [0.15, 0.2) is 71.6 Å². The van der Waals surface area contributed by atoms with Gasteiger partial charge in [-0.25, -0.2) is 17.1 Å². The van der Waals surface area contributed by atoms with Crippen molar-refractivity contribution in [3.8, 4) is 0 Å². The van der Waals surface area contributed by atoms with Crippen LogP contribution in [-0.4, -0.2) is 47.7 Å². The molecule has 13 heteroatoms. The van der Waals surface area contributed by atoms with Crippen LogP contribution < -0.4 is 14.3 Å². The summed E-state index contributed by atoms with van der Waals surface area (Å²) in [7, 11) is -5.37. The summed E-state index contributed by atoms with van der Waals surface area (Å²) in [6, 6.07) is 14.8. The van der Waals surface area contributed by atoms with Crippen LogP contribution in [0.4, 0.5) is 21.5 Å². The Morgan fingerprint density at radius 3 is 2.06 bits per heavy atom. The van der Waals surface area contributed by atoms with Crippen molar-refractivity contribution < 1.29 is 26.0 Å². The summed E-state index contributed by atoms with van der Waals surface area (Å²) in [6.07, 6.45) is 0. The predicted molar refractivity (Wildman–Crippen MR) is 138 cm³/mol. The Bertz CT molecular complexity index is 1460. The minimum Gasteiger partial charge on any atom is -0.325 e. The highest BCUT2D eigenvalue weighted by Gasteiger charge is 2.27. The zero-order chi connectivity index (χ0) is 26.7. The third-order valence-corrected chi connectivity index (χ3v) is 8.64. The largest absolute Gasteiger partial charge is 0.325 e. The fraction of sp³-hybridized carbons (Fsp3) is 0.174. The summed E-state index contributed by atoms with van der Waals surface area (Å²) >= 11 is 6.05. The predicted octanol–water partition coefficient (Wildman–Crippen LogP) is 3.84. The fourth-order valence-electron chi connectivity index (χ4n) is 3.03. The van der Waals surface area contributed by atoms with Crippen LogP contribution >= 0.6 is 11.6 Å². The molecule has 2 N–H and O–H groups in total. The number of amides is 1. The summed E-state index contributed by atoms with van der Waals surface area (Å²) in [5.41, 5.74) is 1.45. The molecular formula is C23H24ClFN4O5S2. The van der Waals surface area contributed by atoms with Crippen molar-refractivity contribution in [3.05, 3.63) is 83.1 Å². The van der Waals surface area contributed by atoms with E-state index in [4.69, 9.17) is 11.6 Å². The SMILES string of the molecule is Cc1ccc(NS(=O)(=O)c2ccc(NC(=O)CN(c3ccc(F)cc3)S(=O)(=O)N(C)C)cc2)cc1Cl. The molecule has 0 atom stereocenters. The van der Waals surface area contributed by atoms with Gasteiger partial charge in [0.1, 0.15) is 12.4 Å². The summed E-state index contributed by atoms with van der Waals surface area (Å²) in [5.74, 6) is -1.24. The lowest BCUT2D eigenvalue weighted by Crippen LogP contribution is -2.44. The summed E-state index contributed by atoms with van der Waals surface area (Å²) in [4.78, 5) is 12.6. The molecule has 0 saturated heterocycles. The average Bonchev–Trinajstić information content (AvgIpc) is 2.80. The molecular weight excluding hydrogens is 531 g/mol. The lowest BCUT2D eigenvalue weighted by Gasteiger charge is -2.26. The van der Waals surface area contributed by atoms with Crippen LogP contribution in [0.1, 0.15) is 5.56 Å². The second-order valence-electron chi connectivity index (χ2n) is 7.92. The minimum atomic E-state index is -4.07. The number of carbonyl (C=O) groups excluding carboxylic acids is 1. The zero-order valence-corrected chi connectivity index (χ0v) is 22.0. The maximum Gasteiger partial charge on any atom is 0.304 e. The van der Waals surface area contributed by atoms with Gasteiger partial charge in [-0.3, -0.25) is 9.52 Å². The van der Waals surface area contributed by atoms with E-state index in [1.165, 1.54) is 56.6 Å². The van der Waals surface area contributed by atoms with Crippen molar-refractivity contribution in [2.24, 2.45) is 0 Å². The lowest BCUT2D eigenvalue weighted by molar-refractivity contribution is -0.114. The molecule has 0 saturated carbocycles. The van der Waals surface area contributed by atoms with Crippen LogP contribution in [0.2, 0.25) is 5.02 Å². The van der Waals surface area contributed by atoms with Gasteiger partial charge in [0.05, 0.1) is 16.3 Å². The molecule has 0 fully saturated rings. The van der Waals surface area contributed by atoms with Gasteiger partial charge in [0.2, 0.25) is 5.91 Å². The minimum absolute atomic E-state index is 0.0553. The molecule has 3 rings (SSSR count). The molecule has 3 aromatic carbocycles. The third-order valence-electron chi connectivity index (χ3n) is 5.01. The Morgan fingerprint density at radius 1 is 0.917 bits per heavy atom. The molecule has 1 amide bonds. The molecule has 0 spiro atoms. The van der Waals surface area contributed by atoms with Crippen LogP contribution in [0.3, 0.4) is 0 Å². The van der Waals surface area contributed by atoms with E-state index in [0.717, 1.165) is 26.3 Å². The molecule has 0 aliphatic carbocycles. The first-order valence-electron chi connectivity index (χ1n) is 10.4. The monoisotopic (exact) mass is 554 g/mol. The second kappa shape index (κ2) is 10.8. The van der Waals surface area contributed by atoms with Crippen LogP contribution in [0.25, 0.3) is 0 Å². The molecule has 0 radical (unpaired) electrons. The molecule has 0 aliphatic rings. The van der Waals surface area contributed by atoms with Gasteiger partial charge in [-0.1, -0.05) is 17.7 Å². The van der Waals surface area contributed by atoms with Crippen molar-refractivity contribution in [1.82, 2.24) is 4.31 Å². The van der Waals surface area contributed by atoms with E-state index < -0.39 is 38.5 Å². The Hall–Kier alpha value is -3.19. The van der Waals surface area contributed by atoms with Crippen LogP contribution in [0.5, 0.6) is 0 Å². The third kappa shape index (κ3) is 6.52. The van der Waals surface area contributed by atoms with Crippen molar-refractivity contribution in [2.75, 3.05) is 35.0 Å². The van der Waals surface area contributed by atoms with E-state index >= 15 is 0 Å². The molecule has 0 aliphatic heterocycles. The fourth-order valence-corrected chi connectivity index (χ4v) is 5.32. The highest BCUT2D eigenvalue weighted by atomic mass is 35.5. The van der Waals surface area contributed by atoms with E-state index in [2.05, 4.69) is 10.0 Å². The van der Waals surface area contributed by atoms with Gasteiger partial charge in [-0.15, -0.1) is 0 Å². The van der Waals surface area contributed by atoms with Gasteiger partial charge < -0.3 is 5.32 Å². The van der Waals surface area contributed by atoms with E-state index in [9.17, 15) is 26.0 Å². The summed E-state index contributed by atoms with van der Waals surface area (Å²) in [6.45, 7) is 1.20. The van der Waals surface area contributed by atoms with E-state index in [1.807, 2.05) is 0 Å². The van der Waals surface area contributed by atoms with Crippen LogP contribution in [-0.2, 0) is 25.0 Å². The van der Waals surface area contributed by atoms with Gasteiger partial charge in [0.25, 0.3) is 10.0 Å². The van der Waals surface area contributed by atoms with Crippen molar-refractivity contribution >= 4 is 54.8 Å².